The minimum Gasteiger partial charge on any atom is -0.483 e. The highest BCUT2D eigenvalue weighted by molar-refractivity contribution is 6.31. The lowest BCUT2D eigenvalue weighted by Crippen LogP contribution is -2.49. The number of carbonyl (C=O) groups excluding carboxylic acids is 2. The van der Waals surface area contributed by atoms with E-state index in [0.717, 1.165) is 11.1 Å². The molecule has 0 bridgehead atoms. The molecule has 1 atom stereocenters. The minimum absolute atomic E-state index is 0.124. The number of hydrogen-bond acceptors (Lipinski definition) is 3. The first-order valence-electron chi connectivity index (χ1n) is 11.0. The molecule has 0 fully saturated rings. The van der Waals surface area contributed by atoms with Gasteiger partial charge in [-0.2, -0.15) is 0 Å². The van der Waals surface area contributed by atoms with Gasteiger partial charge in [0.1, 0.15) is 11.8 Å². The zero-order valence-corrected chi connectivity index (χ0v) is 20.7. The monoisotopic (exact) mass is 458 g/mol. The molecule has 6 heteroatoms. The number of rotatable bonds is 9. The van der Waals surface area contributed by atoms with Gasteiger partial charge in [0.2, 0.25) is 5.91 Å². The van der Waals surface area contributed by atoms with Crippen LogP contribution in [0.2, 0.25) is 5.02 Å². The number of nitrogens with one attached hydrogen (secondary N) is 1. The summed E-state index contributed by atoms with van der Waals surface area (Å²) in [6, 6.07) is 14.4. The predicted octanol–water partition coefficient (Wildman–Crippen LogP) is 5.21. The molecule has 0 spiro atoms. The minimum atomic E-state index is -0.668. The quantitative estimate of drug-likeness (QED) is 0.561. The van der Waals surface area contributed by atoms with Gasteiger partial charge in [-0.15, -0.1) is 0 Å². The molecule has 0 aliphatic rings. The fourth-order valence-electron chi connectivity index (χ4n) is 3.28. The van der Waals surface area contributed by atoms with Crippen molar-refractivity contribution in [3.05, 3.63) is 64.7 Å². The van der Waals surface area contributed by atoms with Crippen LogP contribution in [-0.4, -0.2) is 35.9 Å². The standard InChI is InChI=1S/C26H35ClN2O3/c1-18(2)15-28-25(31)19(3)29(16-20-11-7-9-13-22(20)27)24(30)17-32-23-14-10-8-12-21(23)26(4,5)6/h7-14,18-19H,15-17H2,1-6H3,(H,28,31)/t19-/m0/s1. The van der Waals surface area contributed by atoms with Gasteiger partial charge in [0.05, 0.1) is 0 Å². The molecular weight excluding hydrogens is 424 g/mol. The lowest BCUT2D eigenvalue weighted by Gasteiger charge is -2.30. The summed E-state index contributed by atoms with van der Waals surface area (Å²) in [4.78, 5) is 27.5. The largest absolute Gasteiger partial charge is 0.483 e. The molecule has 2 rings (SSSR count). The molecule has 0 aliphatic heterocycles. The second-order valence-corrected chi connectivity index (χ2v) is 9.87. The second-order valence-electron chi connectivity index (χ2n) is 9.46. The second kappa shape index (κ2) is 11.4. The van der Waals surface area contributed by atoms with Crippen LogP contribution in [0, 0.1) is 5.92 Å². The van der Waals surface area contributed by atoms with Gasteiger partial charge in [-0.3, -0.25) is 9.59 Å². The molecule has 5 nitrogen and oxygen atoms in total. The topological polar surface area (TPSA) is 58.6 Å². The molecule has 0 unspecified atom stereocenters. The van der Waals surface area contributed by atoms with Gasteiger partial charge in [-0.05, 0) is 41.5 Å². The summed E-state index contributed by atoms with van der Waals surface area (Å²) in [5.74, 6) is 0.508. The summed E-state index contributed by atoms with van der Waals surface area (Å²) in [5.41, 5.74) is 1.68. The van der Waals surface area contributed by atoms with E-state index in [-0.39, 0.29) is 30.4 Å². The number of nitrogens with zero attached hydrogens (tertiary/aromatic N) is 1. The van der Waals surface area contributed by atoms with E-state index in [1.54, 1.807) is 13.0 Å². The van der Waals surface area contributed by atoms with Crippen LogP contribution < -0.4 is 10.1 Å². The first-order chi connectivity index (χ1) is 15.0. The highest BCUT2D eigenvalue weighted by Crippen LogP contribution is 2.31. The van der Waals surface area contributed by atoms with Gasteiger partial charge in [0.15, 0.2) is 6.61 Å². The normalized spacial score (nSPS) is 12.4. The fraction of sp³-hybridized carbons (Fsp3) is 0.462. The SMILES string of the molecule is CC(C)CNC(=O)[C@H](C)N(Cc1ccccc1Cl)C(=O)COc1ccccc1C(C)(C)C. The summed E-state index contributed by atoms with van der Waals surface area (Å²) < 4.78 is 5.95. The molecule has 0 aromatic heterocycles. The van der Waals surface area contributed by atoms with Crippen molar-refractivity contribution in [1.82, 2.24) is 10.2 Å². The Bertz CT molecular complexity index is 921. The maximum absolute atomic E-state index is 13.3. The summed E-state index contributed by atoms with van der Waals surface area (Å²) >= 11 is 6.33. The number of ether oxygens (including phenoxy) is 1. The molecule has 0 aliphatic carbocycles. The van der Waals surface area contributed by atoms with Crippen LogP contribution in [0.4, 0.5) is 0 Å². The van der Waals surface area contributed by atoms with Crippen LogP contribution in [0.1, 0.15) is 52.7 Å². The molecule has 2 aromatic rings. The van der Waals surface area contributed by atoms with Crippen LogP contribution in [0.5, 0.6) is 5.75 Å². The van der Waals surface area contributed by atoms with Crippen LogP contribution in [0.15, 0.2) is 48.5 Å². The smallest absolute Gasteiger partial charge is 0.261 e. The lowest BCUT2D eigenvalue weighted by molar-refractivity contribution is -0.142. The van der Waals surface area contributed by atoms with Crippen molar-refractivity contribution in [3.8, 4) is 5.75 Å². The fourth-order valence-corrected chi connectivity index (χ4v) is 3.48. The molecule has 0 saturated heterocycles. The third-order valence-electron chi connectivity index (χ3n) is 5.20. The average molecular weight is 459 g/mol. The van der Waals surface area contributed by atoms with E-state index in [9.17, 15) is 9.59 Å². The van der Waals surface area contributed by atoms with Gasteiger partial charge < -0.3 is 15.0 Å². The Morgan fingerprint density at radius 1 is 1.03 bits per heavy atom. The van der Waals surface area contributed by atoms with E-state index in [4.69, 9.17) is 16.3 Å². The maximum atomic E-state index is 13.3. The molecule has 0 radical (unpaired) electrons. The molecule has 2 amide bonds. The number of amides is 2. The van der Waals surface area contributed by atoms with E-state index in [0.29, 0.717) is 23.2 Å². The number of halogens is 1. The molecule has 174 valence electrons. The van der Waals surface area contributed by atoms with Crippen molar-refractivity contribution in [3.63, 3.8) is 0 Å². The van der Waals surface area contributed by atoms with Gasteiger partial charge in [0, 0.05) is 18.1 Å². The van der Waals surface area contributed by atoms with Crippen LogP contribution >= 0.6 is 11.6 Å². The Morgan fingerprint density at radius 2 is 1.66 bits per heavy atom. The molecule has 32 heavy (non-hydrogen) atoms. The third-order valence-corrected chi connectivity index (χ3v) is 5.57. The Kier molecular flexibility index (Phi) is 9.14. The molecule has 2 aromatic carbocycles. The third kappa shape index (κ3) is 7.27. The Morgan fingerprint density at radius 3 is 2.28 bits per heavy atom. The number of carbonyl (C=O) groups is 2. The summed E-state index contributed by atoms with van der Waals surface area (Å²) in [5, 5.41) is 3.47. The van der Waals surface area contributed by atoms with Crippen molar-refractivity contribution < 1.29 is 14.3 Å². The lowest BCUT2D eigenvalue weighted by atomic mass is 9.86. The molecule has 0 saturated carbocycles. The Hall–Kier alpha value is -2.53. The molecule has 0 heterocycles. The predicted molar refractivity (Wildman–Crippen MR) is 130 cm³/mol. The van der Waals surface area contributed by atoms with E-state index >= 15 is 0 Å². The first-order valence-corrected chi connectivity index (χ1v) is 11.4. The van der Waals surface area contributed by atoms with Crippen LogP contribution in [-0.2, 0) is 21.5 Å². The number of hydrogen-bond donors (Lipinski definition) is 1. The van der Waals surface area contributed by atoms with E-state index in [1.807, 2.05) is 56.3 Å². The zero-order valence-electron chi connectivity index (χ0n) is 19.9. The summed E-state index contributed by atoms with van der Waals surface area (Å²) in [6.07, 6.45) is 0. The van der Waals surface area contributed by atoms with Gasteiger partial charge in [-0.1, -0.05) is 82.6 Å². The van der Waals surface area contributed by atoms with Gasteiger partial charge in [0.25, 0.3) is 5.91 Å². The molecular formula is C26H35ClN2O3. The highest BCUT2D eigenvalue weighted by Gasteiger charge is 2.28. The first kappa shape index (κ1) is 25.7. The number of benzene rings is 2. The number of para-hydroxylation sites is 1. The van der Waals surface area contributed by atoms with Crippen molar-refractivity contribution >= 4 is 23.4 Å². The van der Waals surface area contributed by atoms with Crippen LogP contribution in [0.25, 0.3) is 0 Å². The van der Waals surface area contributed by atoms with Crippen LogP contribution in [0.3, 0.4) is 0 Å². The van der Waals surface area contributed by atoms with Crippen molar-refractivity contribution in [2.45, 2.75) is 59.5 Å². The molecule has 1 N–H and O–H groups in total. The van der Waals surface area contributed by atoms with Crippen molar-refractivity contribution in [2.75, 3.05) is 13.2 Å². The summed E-state index contributed by atoms with van der Waals surface area (Å²) in [7, 11) is 0. The Balaban J connectivity index is 2.22. The van der Waals surface area contributed by atoms with E-state index < -0.39 is 6.04 Å². The zero-order chi connectivity index (χ0) is 23.9. The van der Waals surface area contributed by atoms with Gasteiger partial charge in [-0.25, -0.2) is 0 Å². The van der Waals surface area contributed by atoms with Crippen molar-refractivity contribution in [1.29, 1.82) is 0 Å². The maximum Gasteiger partial charge on any atom is 0.261 e. The average Bonchev–Trinajstić information content (AvgIpc) is 2.74. The van der Waals surface area contributed by atoms with E-state index in [2.05, 4.69) is 26.1 Å². The summed E-state index contributed by atoms with van der Waals surface area (Å²) in [6.45, 7) is 12.7. The highest BCUT2D eigenvalue weighted by atomic mass is 35.5. The van der Waals surface area contributed by atoms with Crippen molar-refractivity contribution in [2.24, 2.45) is 5.92 Å². The van der Waals surface area contributed by atoms with E-state index in [1.165, 1.54) is 4.90 Å². The van der Waals surface area contributed by atoms with Gasteiger partial charge >= 0.3 is 0 Å². The Labute approximate surface area is 197 Å².